The molecule has 0 radical (unpaired) electrons. The predicted molar refractivity (Wildman–Crippen MR) is 125 cm³/mol. The van der Waals surface area contributed by atoms with E-state index in [1.54, 1.807) is 24.3 Å². The third-order valence-electron chi connectivity index (χ3n) is 7.33. The maximum atomic E-state index is 13.9. The molecule has 2 amide bonds. The largest absolute Gasteiger partial charge is 0.349 e. The molecule has 2 saturated heterocycles. The molecule has 0 unspecified atom stereocenters. The third kappa shape index (κ3) is 2.68. The molecule has 0 N–H and O–H groups in total. The van der Waals surface area contributed by atoms with E-state index in [1.165, 1.54) is 36.4 Å². The first kappa shape index (κ1) is 22.0. The van der Waals surface area contributed by atoms with Crippen LogP contribution in [0.1, 0.15) is 37.9 Å². The molecule has 9 nitrogen and oxygen atoms in total. The number of carbonyl (C=O) groups excluding carboxylic acids is 4. The van der Waals surface area contributed by atoms with E-state index in [2.05, 4.69) is 0 Å². The van der Waals surface area contributed by atoms with E-state index >= 15 is 0 Å². The molecule has 36 heavy (non-hydrogen) atoms. The highest BCUT2D eigenvalue weighted by Crippen LogP contribution is 2.58. The van der Waals surface area contributed by atoms with Gasteiger partial charge >= 0.3 is 0 Å². The number of nitro benzene ring substituents is 1. The topological polar surface area (TPSA) is 124 Å². The molecule has 1 aliphatic carbocycles. The lowest BCUT2D eigenvalue weighted by atomic mass is 9.77. The van der Waals surface area contributed by atoms with Crippen molar-refractivity contribution in [3.05, 3.63) is 105 Å². The number of hydrogen-bond donors (Lipinski definition) is 0. The van der Waals surface area contributed by atoms with Crippen molar-refractivity contribution in [2.24, 2.45) is 11.8 Å². The normalized spacial score (nSPS) is 23.9. The lowest BCUT2D eigenvalue weighted by Gasteiger charge is -2.27. The Bertz CT molecular complexity index is 1480. The summed E-state index contributed by atoms with van der Waals surface area (Å²) in [4.78, 5) is 66.6. The van der Waals surface area contributed by atoms with E-state index < -0.39 is 51.8 Å². The molecule has 3 aliphatic rings. The number of ether oxygens (including phenoxy) is 1. The smallest absolute Gasteiger partial charge is 0.269 e. The first-order valence-electron chi connectivity index (χ1n) is 11.3. The van der Waals surface area contributed by atoms with Crippen molar-refractivity contribution in [3.63, 3.8) is 0 Å². The van der Waals surface area contributed by atoms with Crippen LogP contribution in [0.3, 0.4) is 0 Å². The molecule has 2 aliphatic heterocycles. The summed E-state index contributed by atoms with van der Waals surface area (Å²) in [5, 5.41) is 11.1. The van der Waals surface area contributed by atoms with Gasteiger partial charge in [0.25, 0.3) is 5.69 Å². The van der Waals surface area contributed by atoms with Gasteiger partial charge in [0.2, 0.25) is 29.0 Å². The molecule has 3 aromatic rings. The predicted octanol–water partition coefficient (Wildman–Crippen LogP) is 3.60. The molecule has 0 aromatic heterocycles. The lowest BCUT2D eigenvalue weighted by molar-refractivity contribution is -0.384. The van der Waals surface area contributed by atoms with Crippen LogP contribution in [0.25, 0.3) is 0 Å². The Balaban J connectivity index is 1.53. The summed E-state index contributed by atoms with van der Waals surface area (Å²) in [6, 6.07) is 18.4. The maximum absolute atomic E-state index is 13.9. The fourth-order valence-corrected chi connectivity index (χ4v) is 5.68. The van der Waals surface area contributed by atoms with E-state index in [9.17, 15) is 29.3 Å². The third-order valence-corrected chi connectivity index (χ3v) is 7.33. The minimum atomic E-state index is -2.16. The Kier molecular flexibility index (Phi) is 4.58. The molecule has 1 spiro atoms. The summed E-state index contributed by atoms with van der Waals surface area (Å²) in [6.45, 7) is 1.82. The number of ketones is 2. The number of Topliss-reactive ketones (excluding diaryl/α,β-unsaturated/α-hetero) is 2. The van der Waals surface area contributed by atoms with Gasteiger partial charge < -0.3 is 4.74 Å². The van der Waals surface area contributed by atoms with Crippen molar-refractivity contribution in [2.45, 2.75) is 18.6 Å². The van der Waals surface area contributed by atoms with Crippen LogP contribution in [0.15, 0.2) is 72.8 Å². The average molecular weight is 482 g/mol. The highest BCUT2D eigenvalue weighted by molar-refractivity contribution is 6.37. The summed E-state index contributed by atoms with van der Waals surface area (Å²) < 4.78 is 6.27. The van der Waals surface area contributed by atoms with Gasteiger partial charge in [0.15, 0.2) is 0 Å². The van der Waals surface area contributed by atoms with E-state index in [-0.39, 0.29) is 22.5 Å². The summed E-state index contributed by atoms with van der Waals surface area (Å²) in [5.74, 6) is -5.15. The standard InChI is InChI=1S/C27H18N2O7/c1-14-6-2-3-7-17(14)22-20-21(27(36-22)23(30)18-8-4-5-9-19(18)24(27)31)26(33)28(25(20)32)15-10-12-16(13-11-15)29(34)35/h2-13,20-22H,1H3/t20-,21+,22+/m1/s1. The summed E-state index contributed by atoms with van der Waals surface area (Å²) in [7, 11) is 0. The number of carbonyl (C=O) groups is 4. The van der Waals surface area contributed by atoms with E-state index in [4.69, 9.17) is 4.74 Å². The average Bonchev–Trinajstić information content (AvgIpc) is 3.44. The zero-order chi connectivity index (χ0) is 25.4. The number of imide groups is 1. The monoisotopic (exact) mass is 482 g/mol. The van der Waals surface area contributed by atoms with Crippen LogP contribution >= 0.6 is 0 Å². The number of anilines is 1. The van der Waals surface area contributed by atoms with Gasteiger partial charge in [-0.1, -0.05) is 48.5 Å². The Morgan fingerprint density at radius 1 is 0.833 bits per heavy atom. The molecular weight excluding hydrogens is 464 g/mol. The van der Waals surface area contributed by atoms with Crippen LogP contribution in [0, 0.1) is 28.9 Å². The fraction of sp³-hybridized carbons (Fsp3) is 0.185. The van der Waals surface area contributed by atoms with Crippen LogP contribution in [0.4, 0.5) is 11.4 Å². The zero-order valence-corrected chi connectivity index (χ0v) is 18.9. The van der Waals surface area contributed by atoms with Gasteiger partial charge in [-0.05, 0) is 30.2 Å². The number of nitrogens with zero attached hydrogens (tertiary/aromatic N) is 2. The zero-order valence-electron chi connectivity index (χ0n) is 18.9. The van der Waals surface area contributed by atoms with Crippen molar-refractivity contribution in [3.8, 4) is 0 Å². The van der Waals surface area contributed by atoms with E-state index in [1.807, 2.05) is 19.1 Å². The van der Waals surface area contributed by atoms with Crippen molar-refractivity contribution >= 4 is 34.8 Å². The molecule has 0 bridgehead atoms. The van der Waals surface area contributed by atoms with Crippen LogP contribution in [0.2, 0.25) is 0 Å². The Morgan fingerprint density at radius 2 is 1.42 bits per heavy atom. The summed E-state index contributed by atoms with van der Waals surface area (Å²) >= 11 is 0. The minimum Gasteiger partial charge on any atom is -0.349 e. The maximum Gasteiger partial charge on any atom is 0.269 e. The fourth-order valence-electron chi connectivity index (χ4n) is 5.68. The van der Waals surface area contributed by atoms with Crippen LogP contribution in [-0.4, -0.2) is 33.9 Å². The van der Waals surface area contributed by atoms with Crippen LogP contribution < -0.4 is 4.90 Å². The molecule has 6 rings (SSSR count). The first-order chi connectivity index (χ1) is 17.3. The Labute approximate surface area is 204 Å². The molecule has 3 atom stereocenters. The summed E-state index contributed by atoms with van der Waals surface area (Å²) in [5.41, 5.74) is -0.549. The van der Waals surface area contributed by atoms with Gasteiger partial charge in [0.05, 0.1) is 28.6 Å². The molecule has 0 saturated carbocycles. The van der Waals surface area contributed by atoms with Gasteiger partial charge in [0.1, 0.15) is 0 Å². The number of rotatable bonds is 3. The first-order valence-corrected chi connectivity index (χ1v) is 11.3. The number of hydrogen-bond acceptors (Lipinski definition) is 7. The SMILES string of the molecule is Cc1ccccc1[C@@H]1OC2(C(=O)c3ccccc3C2=O)[C@@H]2C(=O)N(c3ccc([N+](=O)[O-])cc3)C(=O)[C@H]21. The van der Waals surface area contributed by atoms with E-state index in [0.717, 1.165) is 10.5 Å². The number of amides is 2. The highest BCUT2D eigenvalue weighted by atomic mass is 16.6. The molecule has 2 heterocycles. The second-order valence-corrected chi connectivity index (χ2v) is 9.12. The van der Waals surface area contributed by atoms with Gasteiger partial charge in [-0.2, -0.15) is 0 Å². The number of fused-ring (bicyclic) bond motifs is 3. The van der Waals surface area contributed by atoms with Gasteiger partial charge in [-0.15, -0.1) is 0 Å². The van der Waals surface area contributed by atoms with Crippen molar-refractivity contribution < 1.29 is 28.8 Å². The van der Waals surface area contributed by atoms with Gasteiger partial charge in [0, 0.05) is 23.3 Å². The highest BCUT2D eigenvalue weighted by Gasteiger charge is 2.74. The number of benzene rings is 3. The van der Waals surface area contributed by atoms with Gasteiger partial charge in [-0.3, -0.25) is 29.3 Å². The van der Waals surface area contributed by atoms with Gasteiger partial charge in [-0.25, -0.2) is 4.90 Å². The number of non-ortho nitro benzene ring substituents is 1. The number of aryl methyl sites for hydroxylation is 1. The quantitative estimate of drug-likeness (QED) is 0.242. The van der Waals surface area contributed by atoms with Crippen molar-refractivity contribution in [2.75, 3.05) is 4.90 Å². The second-order valence-electron chi connectivity index (χ2n) is 9.12. The number of nitro groups is 1. The molecule has 3 aromatic carbocycles. The van der Waals surface area contributed by atoms with E-state index in [0.29, 0.717) is 5.56 Å². The Morgan fingerprint density at radius 3 is 2.00 bits per heavy atom. The molecule has 178 valence electrons. The molecular formula is C27H18N2O7. The Hall–Kier alpha value is -4.50. The van der Waals surface area contributed by atoms with Crippen LogP contribution in [-0.2, 0) is 14.3 Å². The second kappa shape index (κ2) is 7.50. The van der Waals surface area contributed by atoms with Crippen molar-refractivity contribution in [1.82, 2.24) is 0 Å². The van der Waals surface area contributed by atoms with Crippen molar-refractivity contribution in [1.29, 1.82) is 0 Å². The van der Waals surface area contributed by atoms with Crippen LogP contribution in [0.5, 0.6) is 0 Å². The minimum absolute atomic E-state index is 0.124. The molecule has 2 fully saturated rings. The molecule has 9 heteroatoms. The lowest BCUT2D eigenvalue weighted by Crippen LogP contribution is -2.51. The summed E-state index contributed by atoms with van der Waals surface area (Å²) in [6.07, 6.45) is -1.02.